The summed E-state index contributed by atoms with van der Waals surface area (Å²) in [5.74, 6) is -0.948. The molecule has 2 fully saturated rings. The van der Waals surface area contributed by atoms with Gasteiger partial charge in [0.2, 0.25) is 5.91 Å². The second kappa shape index (κ2) is 6.50. The topological polar surface area (TPSA) is 151 Å². The van der Waals surface area contributed by atoms with Crippen LogP contribution >= 0.6 is 0 Å². The van der Waals surface area contributed by atoms with Crippen molar-refractivity contribution < 1.29 is 29.1 Å². The fraction of sp³-hybridized carbons (Fsp3) is 0.389. The number of carboxylic acids is 1. The number of aromatic carboxylic acids is 1. The summed E-state index contributed by atoms with van der Waals surface area (Å²) in [6.45, 7) is 0.593. The predicted octanol–water partition coefficient (Wildman–Crippen LogP) is 0.128. The van der Waals surface area contributed by atoms with Gasteiger partial charge in [0, 0.05) is 5.82 Å². The van der Waals surface area contributed by atoms with Gasteiger partial charge in [-0.25, -0.2) is 9.78 Å². The van der Waals surface area contributed by atoms with E-state index in [2.05, 4.69) is 9.97 Å². The van der Waals surface area contributed by atoms with Crippen LogP contribution in [-0.4, -0.2) is 63.2 Å². The van der Waals surface area contributed by atoms with E-state index < -0.39 is 19.1 Å². The molecule has 0 unspecified atom stereocenters. The third-order valence-electron chi connectivity index (χ3n) is 5.78. The van der Waals surface area contributed by atoms with Crippen molar-refractivity contribution in [2.24, 2.45) is 5.73 Å². The van der Waals surface area contributed by atoms with Crippen molar-refractivity contribution >= 4 is 19.0 Å². The Morgan fingerprint density at radius 1 is 1.41 bits per heavy atom. The number of fused-ring (bicyclic) bond motifs is 3. The Morgan fingerprint density at radius 2 is 2.21 bits per heavy atom. The van der Waals surface area contributed by atoms with E-state index in [0.29, 0.717) is 18.8 Å². The van der Waals surface area contributed by atoms with Gasteiger partial charge in [0.15, 0.2) is 0 Å². The van der Waals surface area contributed by atoms with E-state index in [4.69, 9.17) is 15.1 Å². The Bertz CT molecular complexity index is 977. The highest BCUT2D eigenvalue weighted by Gasteiger charge is 2.54. The molecule has 1 aliphatic carbocycles. The van der Waals surface area contributed by atoms with Gasteiger partial charge in [-0.15, -0.1) is 0 Å². The summed E-state index contributed by atoms with van der Waals surface area (Å²) in [5.41, 5.74) is 7.17. The number of carbonyl (C=O) groups excluding carboxylic acids is 1. The van der Waals surface area contributed by atoms with Gasteiger partial charge >= 0.3 is 13.1 Å². The first-order valence-electron chi connectivity index (χ1n) is 9.38. The first kappa shape index (κ1) is 18.0. The molecule has 150 valence electrons. The van der Waals surface area contributed by atoms with E-state index in [-0.39, 0.29) is 40.8 Å². The lowest BCUT2D eigenvalue weighted by atomic mass is 9.77. The number of nitrogens with two attached hydrogens (primary N) is 1. The first-order valence-corrected chi connectivity index (χ1v) is 9.38. The molecule has 0 spiro atoms. The molecule has 0 bridgehead atoms. The van der Waals surface area contributed by atoms with E-state index in [1.165, 1.54) is 12.5 Å². The number of rotatable bonds is 5. The average molecular weight is 398 g/mol. The van der Waals surface area contributed by atoms with E-state index in [1.807, 2.05) is 0 Å². The molecule has 1 aromatic heterocycles. The number of benzene rings is 1. The lowest BCUT2D eigenvalue weighted by molar-refractivity contribution is -0.141. The number of nitrogens with zero attached hydrogens (tertiary/aromatic N) is 2. The lowest BCUT2D eigenvalue weighted by Crippen LogP contribution is -2.58. The second-order valence-electron chi connectivity index (χ2n) is 7.64. The smallest absolute Gasteiger partial charge is 0.526 e. The summed E-state index contributed by atoms with van der Waals surface area (Å²) in [4.78, 5) is 32.5. The standard InChI is InChI=1S/C18H19BN4O6/c20-15(12-4-21-7-22-12)17(24)23-5-8(6-23)28-13-2-1-9-10-3-11(10)19(27)29-16(9)14(13)18(25)26/h1-2,4,7-8,10-11,15,27H,3,5-6,20H2,(H,21,22)(H,25,26)/t10-,11-,15-/m1/s1. The number of amides is 1. The van der Waals surface area contributed by atoms with Crippen LogP contribution in [0.4, 0.5) is 0 Å². The third kappa shape index (κ3) is 2.93. The van der Waals surface area contributed by atoms with Crippen LogP contribution in [0.2, 0.25) is 5.82 Å². The fourth-order valence-corrected chi connectivity index (χ4v) is 4.03. The highest BCUT2D eigenvalue weighted by molar-refractivity contribution is 6.48. The Balaban J connectivity index is 1.29. The maximum Gasteiger partial charge on any atom is 0.526 e. The summed E-state index contributed by atoms with van der Waals surface area (Å²) < 4.78 is 11.3. The van der Waals surface area contributed by atoms with Crippen molar-refractivity contribution in [1.82, 2.24) is 14.9 Å². The van der Waals surface area contributed by atoms with Crippen molar-refractivity contribution in [1.29, 1.82) is 0 Å². The number of imidazole rings is 1. The minimum Gasteiger partial charge on any atom is -0.535 e. The molecule has 29 heavy (non-hydrogen) atoms. The molecule has 2 aromatic rings. The summed E-state index contributed by atoms with van der Waals surface area (Å²) in [5, 5.41) is 19.7. The Morgan fingerprint density at radius 3 is 2.90 bits per heavy atom. The third-order valence-corrected chi connectivity index (χ3v) is 5.78. The number of hydrogen-bond acceptors (Lipinski definition) is 7. The zero-order chi connectivity index (χ0) is 20.3. The van der Waals surface area contributed by atoms with Crippen LogP contribution in [0.25, 0.3) is 0 Å². The highest BCUT2D eigenvalue weighted by Crippen LogP contribution is 2.60. The van der Waals surface area contributed by atoms with Gasteiger partial charge in [0.25, 0.3) is 0 Å². The average Bonchev–Trinajstić information content (AvgIpc) is 3.29. The minimum absolute atomic E-state index is 0.0289. The van der Waals surface area contributed by atoms with Gasteiger partial charge in [0.1, 0.15) is 29.2 Å². The van der Waals surface area contributed by atoms with Crippen LogP contribution < -0.4 is 15.1 Å². The van der Waals surface area contributed by atoms with E-state index in [0.717, 1.165) is 12.0 Å². The SMILES string of the molecule is N[C@@H](C(=O)N1CC(Oc2ccc3c(c2C(=O)O)OB(O)[C@@H]2C[C@H]32)C1)c1cnc[nH]1. The molecule has 1 saturated carbocycles. The number of hydrogen-bond donors (Lipinski definition) is 4. The maximum absolute atomic E-state index is 12.4. The number of aromatic amines is 1. The summed E-state index contributed by atoms with van der Waals surface area (Å²) in [7, 11) is -0.998. The Kier molecular flexibility index (Phi) is 4.03. The number of carbonyl (C=O) groups is 2. The van der Waals surface area contributed by atoms with Crippen molar-refractivity contribution in [3.05, 3.63) is 41.5 Å². The molecule has 5 N–H and O–H groups in total. The number of ether oxygens (including phenoxy) is 1. The van der Waals surface area contributed by atoms with E-state index in [9.17, 15) is 19.7 Å². The van der Waals surface area contributed by atoms with Crippen LogP contribution in [0.3, 0.4) is 0 Å². The molecule has 3 heterocycles. The quantitative estimate of drug-likeness (QED) is 0.519. The lowest BCUT2D eigenvalue weighted by Gasteiger charge is -2.40. The van der Waals surface area contributed by atoms with Crippen molar-refractivity contribution in [2.75, 3.05) is 13.1 Å². The number of likely N-dealkylation sites (tertiary alicyclic amines) is 1. The van der Waals surface area contributed by atoms with Gasteiger partial charge in [-0.1, -0.05) is 6.07 Å². The molecule has 3 aliphatic rings. The van der Waals surface area contributed by atoms with Crippen molar-refractivity contribution in [3.63, 3.8) is 0 Å². The van der Waals surface area contributed by atoms with Crippen LogP contribution in [0, 0.1) is 0 Å². The second-order valence-corrected chi connectivity index (χ2v) is 7.64. The molecule has 1 aromatic carbocycles. The van der Waals surface area contributed by atoms with Crippen molar-refractivity contribution in [3.8, 4) is 11.5 Å². The van der Waals surface area contributed by atoms with Crippen LogP contribution in [0.1, 0.15) is 40.0 Å². The molecular formula is C18H19BN4O6. The number of carboxylic acid groups (broad SMARTS) is 1. The zero-order valence-electron chi connectivity index (χ0n) is 15.3. The molecule has 11 heteroatoms. The number of aromatic nitrogens is 2. The van der Waals surface area contributed by atoms with Gasteiger partial charge in [0.05, 0.1) is 31.3 Å². The Labute approximate surface area is 165 Å². The largest absolute Gasteiger partial charge is 0.535 e. The molecule has 1 amide bonds. The molecule has 5 rings (SSSR count). The van der Waals surface area contributed by atoms with Crippen LogP contribution in [0.5, 0.6) is 11.5 Å². The highest BCUT2D eigenvalue weighted by atomic mass is 16.5. The fourth-order valence-electron chi connectivity index (χ4n) is 4.03. The van der Waals surface area contributed by atoms with Crippen molar-refractivity contribution in [2.45, 2.75) is 30.3 Å². The number of H-pyrrole nitrogens is 1. The van der Waals surface area contributed by atoms with E-state index >= 15 is 0 Å². The van der Waals surface area contributed by atoms with Gasteiger partial charge < -0.3 is 35.1 Å². The monoisotopic (exact) mass is 398 g/mol. The molecule has 1 saturated heterocycles. The van der Waals surface area contributed by atoms with E-state index in [1.54, 1.807) is 17.0 Å². The Hall–Kier alpha value is -3.05. The molecule has 0 radical (unpaired) electrons. The molecule has 10 nitrogen and oxygen atoms in total. The summed E-state index contributed by atoms with van der Waals surface area (Å²) >= 11 is 0. The zero-order valence-corrected chi connectivity index (χ0v) is 15.3. The van der Waals surface area contributed by atoms with Gasteiger partial charge in [-0.3, -0.25) is 4.79 Å². The molecule has 2 aliphatic heterocycles. The number of nitrogens with one attached hydrogen (secondary N) is 1. The molecule has 3 atom stereocenters. The van der Waals surface area contributed by atoms with Gasteiger partial charge in [-0.2, -0.15) is 0 Å². The maximum atomic E-state index is 12.4. The molecular weight excluding hydrogens is 379 g/mol. The normalized spacial score (nSPS) is 23.4. The predicted molar refractivity (Wildman–Crippen MR) is 99.6 cm³/mol. The minimum atomic E-state index is -1.18. The van der Waals surface area contributed by atoms with Crippen LogP contribution in [-0.2, 0) is 4.79 Å². The summed E-state index contributed by atoms with van der Waals surface area (Å²) in [6.07, 6.45) is 3.38. The first-order chi connectivity index (χ1) is 13.9. The van der Waals surface area contributed by atoms with Gasteiger partial charge in [-0.05, 0) is 24.0 Å². The van der Waals surface area contributed by atoms with Crippen LogP contribution in [0.15, 0.2) is 24.7 Å². The summed E-state index contributed by atoms with van der Waals surface area (Å²) in [6, 6.07) is 2.58.